The van der Waals surface area contributed by atoms with E-state index in [1.54, 1.807) is 19.2 Å². The highest BCUT2D eigenvalue weighted by atomic mass is 35.5. The summed E-state index contributed by atoms with van der Waals surface area (Å²) in [4.78, 5) is 18.1. The summed E-state index contributed by atoms with van der Waals surface area (Å²) in [5.41, 5.74) is 0.525. The summed E-state index contributed by atoms with van der Waals surface area (Å²) in [5.74, 6) is 0.468. The number of nitrogens with zero attached hydrogens (tertiary/aromatic N) is 2. The number of anilines is 1. The van der Waals surface area contributed by atoms with E-state index in [2.05, 4.69) is 20.5 Å². The number of hydrogen-bond acceptors (Lipinski definition) is 4. The Morgan fingerprint density at radius 3 is 2.74 bits per heavy atom. The zero-order chi connectivity index (χ0) is 14.3. The molecule has 106 valence electrons. The molecule has 0 saturated heterocycles. The molecule has 5 nitrogen and oxygen atoms in total. The minimum Gasteiger partial charge on any atom is -0.373 e. The highest BCUT2D eigenvalue weighted by Gasteiger charge is 2.08. The molecule has 1 aromatic rings. The van der Waals surface area contributed by atoms with E-state index in [4.69, 9.17) is 11.6 Å². The number of aromatic nitrogens is 1. The van der Waals surface area contributed by atoms with E-state index in [1.165, 1.54) is 0 Å². The second-order valence-corrected chi connectivity index (χ2v) is 4.97. The first-order chi connectivity index (χ1) is 9.02. The van der Waals surface area contributed by atoms with Crippen molar-refractivity contribution in [2.75, 3.05) is 39.5 Å². The van der Waals surface area contributed by atoms with E-state index in [9.17, 15) is 4.79 Å². The van der Waals surface area contributed by atoms with Crippen LogP contribution in [0.5, 0.6) is 0 Å². The molecule has 0 atom stereocenters. The molecular formula is C13H21ClN4O. The van der Waals surface area contributed by atoms with Crippen LogP contribution in [0, 0.1) is 0 Å². The van der Waals surface area contributed by atoms with Gasteiger partial charge in [-0.2, -0.15) is 0 Å². The number of nitrogens with one attached hydrogen (secondary N) is 2. The lowest BCUT2D eigenvalue weighted by atomic mass is 10.2. The minimum absolute atomic E-state index is 0.120. The monoisotopic (exact) mass is 284 g/mol. The molecule has 2 N–H and O–H groups in total. The fourth-order valence-electron chi connectivity index (χ4n) is 1.61. The van der Waals surface area contributed by atoms with Gasteiger partial charge in [0.1, 0.15) is 11.0 Å². The fraction of sp³-hybridized carbons (Fsp3) is 0.538. The molecular weight excluding hydrogens is 264 g/mol. The van der Waals surface area contributed by atoms with Gasteiger partial charge in [-0.25, -0.2) is 4.98 Å². The van der Waals surface area contributed by atoms with Crippen LogP contribution < -0.4 is 10.6 Å². The van der Waals surface area contributed by atoms with Crippen molar-refractivity contribution < 1.29 is 4.79 Å². The van der Waals surface area contributed by atoms with Crippen LogP contribution in [0.2, 0.25) is 5.15 Å². The first-order valence-corrected chi connectivity index (χ1v) is 6.69. The van der Waals surface area contributed by atoms with Crippen LogP contribution in [0.1, 0.15) is 23.2 Å². The van der Waals surface area contributed by atoms with Gasteiger partial charge in [-0.3, -0.25) is 4.79 Å². The Hall–Kier alpha value is -1.33. The van der Waals surface area contributed by atoms with E-state index in [1.807, 2.05) is 14.1 Å². The lowest BCUT2D eigenvalue weighted by molar-refractivity contribution is 0.0952. The van der Waals surface area contributed by atoms with Gasteiger partial charge in [-0.15, -0.1) is 0 Å². The normalized spacial score (nSPS) is 10.6. The van der Waals surface area contributed by atoms with E-state index in [0.717, 1.165) is 19.4 Å². The third kappa shape index (κ3) is 5.89. The quantitative estimate of drug-likeness (QED) is 0.593. The molecule has 0 saturated carbocycles. The number of rotatable bonds is 7. The van der Waals surface area contributed by atoms with Crippen molar-refractivity contribution in [1.82, 2.24) is 15.2 Å². The molecule has 1 heterocycles. The van der Waals surface area contributed by atoms with Crippen molar-refractivity contribution in [2.45, 2.75) is 12.8 Å². The topological polar surface area (TPSA) is 57.3 Å². The van der Waals surface area contributed by atoms with Crippen LogP contribution in [-0.4, -0.2) is 50.0 Å². The summed E-state index contributed by atoms with van der Waals surface area (Å²) in [6, 6.07) is 3.25. The molecule has 0 fully saturated rings. The lowest BCUT2D eigenvalue weighted by Gasteiger charge is -2.10. The maximum atomic E-state index is 11.9. The first kappa shape index (κ1) is 15.7. The van der Waals surface area contributed by atoms with Crippen LogP contribution in [0.3, 0.4) is 0 Å². The Balaban J connectivity index is 2.43. The molecule has 0 aliphatic rings. The zero-order valence-electron chi connectivity index (χ0n) is 11.7. The van der Waals surface area contributed by atoms with Gasteiger partial charge in [0.05, 0.1) is 0 Å². The van der Waals surface area contributed by atoms with Gasteiger partial charge in [0.2, 0.25) is 0 Å². The van der Waals surface area contributed by atoms with Gasteiger partial charge in [0, 0.05) is 19.2 Å². The van der Waals surface area contributed by atoms with Crippen molar-refractivity contribution in [1.29, 1.82) is 0 Å². The maximum Gasteiger partial charge on any atom is 0.251 e. The zero-order valence-corrected chi connectivity index (χ0v) is 12.4. The average molecular weight is 285 g/mol. The van der Waals surface area contributed by atoms with Crippen molar-refractivity contribution in [2.24, 2.45) is 0 Å². The molecule has 1 aromatic heterocycles. The van der Waals surface area contributed by atoms with Crippen molar-refractivity contribution in [3.05, 3.63) is 22.8 Å². The molecule has 1 rings (SSSR count). The third-order valence-electron chi connectivity index (χ3n) is 2.63. The smallest absolute Gasteiger partial charge is 0.251 e. The van der Waals surface area contributed by atoms with Gasteiger partial charge >= 0.3 is 0 Å². The Kier molecular flexibility index (Phi) is 6.59. The van der Waals surface area contributed by atoms with E-state index in [0.29, 0.717) is 23.1 Å². The number of unbranched alkanes of at least 4 members (excludes halogenated alkanes) is 1. The van der Waals surface area contributed by atoms with Crippen LogP contribution in [-0.2, 0) is 0 Å². The maximum absolute atomic E-state index is 11.9. The Bertz CT molecular complexity index is 423. The SMILES string of the molecule is CNc1cc(C(=O)NCCCCN(C)C)cc(Cl)n1. The molecule has 0 aliphatic carbocycles. The molecule has 19 heavy (non-hydrogen) atoms. The highest BCUT2D eigenvalue weighted by Crippen LogP contribution is 2.13. The second-order valence-electron chi connectivity index (χ2n) is 4.58. The van der Waals surface area contributed by atoms with Crippen molar-refractivity contribution in [3.8, 4) is 0 Å². The largest absolute Gasteiger partial charge is 0.373 e. The number of carbonyl (C=O) groups is 1. The summed E-state index contributed by atoms with van der Waals surface area (Å²) in [7, 11) is 5.81. The van der Waals surface area contributed by atoms with Gasteiger partial charge in [-0.05, 0) is 45.6 Å². The summed E-state index contributed by atoms with van der Waals surface area (Å²) in [6.07, 6.45) is 2.02. The Morgan fingerprint density at radius 2 is 2.11 bits per heavy atom. The molecule has 1 amide bonds. The summed E-state index contributed by atoms with van der Waals surface area (Å²) in [5, 5.41) is 6.06. The molecule has 0 spiro atoms. The first-order valence-electron chi connectivity index (χ1n) is 6.31. The van der Waals surface area contributed by atoms with E-state index < -0.39 is 0 Å². The van der Waals surface area contributed by atoms with E-state index >= 15 is 0 Å². The summed E-state index contributed by atoms with van der Waals surface area (Å²) in [6.45, 7) is 1.70. The predicted molar refractivity (Wildman–Crippen MR) is 78.9 cm³/mol. The van der Waals surface area contributed by atoms with Crippen LogP contribution in [0.25, 0.3) is 0 Å². The number of halogens is 1. The molecule has 0 bridgehead atoms. The highest BCUT2D eigenvalue weighted by molar-refractivity contribution is 6.29. The Labute approximate surface area is 119 Å². The molecule has 0 aliphatic heterocycles. The lowest BCUT2D eigenvalue weighted by Crippen LogP contribution is -2.25. The Morgan fingerprint density at radius 1 is 1.37 bits per heavy atom. The van der Waals surface area contributed by atoms with Gasteiger partial charge in [-0.1, -0.05) is 11.6 Å². The molecule has 6 heteroatoms. The van der Waals surface area contributed by atoms with Gasteiger partial charge in [0.15, 0.2) is 0 Å². The fourth-order valence-corrected chi connectivity index (χ4v) is 1.82. The number of amides is 1. The standard InChI is InChI=1S/C13H21ClN4O/c1-15-12-9-10(8-11(14)17-12)13(19)16-6-4-5-7-18(2)3/h8-9H,4-7H2,1-3H3,(H,15,17)(H,16,19). The number of hydrogen-bond donors (Lipinski definition) is 2. The second kappa shape index (κ2) is 7.96. The van der Waals surface area contributed by atoms with Crippen LogP contribution in [0.15, 0.2) is 12.1 Å². The van der Waals surface area contributed by atoms with Gasteiger partial charge < -0.3 is 15.5 Å². The van der Waals surface area contributed by atoms with Crippen molar-refractivity contribution in [3.63, 3.8) is 0 Å². The molecule has 0 radical (unpaired) electrons. The molecule has 0 aromatic carbocycles. The van der Waals surface area contributed by atoms with Crippen LogP contribution >= 0.6 is 11.6 Å². The number of carbonyl (C=O) groups excluding carboxylic acids is 1. The summed E-state index contributed by atoms with van der Waals surface area (Å²) >= 11 is 5.85. The third-order valence-corrected chi connectivity index (χ3v) is 2.82. The van der Waals surface area contributed by atoms with E-state index in [-0.39, 0.29) is 5.91 Å². The van der Waals surface area contributed by atoms with Gasteiger partial charge in [0.25, 0.3) is 5.91 Å². The number of pyridine rings is 1. The predicted octanol–water partition coefficient (Wildman–Crippen LogP) is 1.85. The average Bonchev–Trinajstić information content (AvgIpc) is 2.36. The minimum atomic E-state index is -0.120. The van der Waals surface area contributed by atoms with Crippen LogP contribution in [0.4, 0.5) is 5.82 Å². The van der Waals surface area contributed by atoms with Crippen molar-refractivity contribution >= 4 is 23.3 Å². The molecule has 0 unspecified atom stereocenters. The summed E-state index contributed by atoms with van der Waals surface area (Å²) < 4.78 is 0.